The summed E-state index contributed by atoms with van der Waals surface area (Å²) < 4.78 is 1.63. The first kappa shape index (κ1) is 16.4. The average Bonchev–Trinajstić information content (AvgIpc) is 3.13. The molecule has 4 rings (SSSR count). The number of carbonyl (C=O) groups is 1. The van der Waals surface area contributed by atoms with Gasteiger partial charge in [0.05, 0.1) is 16.8 Å². The summed E-state index contributed by atoms with van der Waals surface area (Å²) in [7, 11) is 0. The highest BCUT2D eigenvalue weighted by Gasteiger charge is 2.28. The largest absolute Gasteiger partial charge is 0.359 e. The van der Waals surface area contributed by atoms with Gasteiger partial charge in [0.1, 0.15) is 4.83 Å². The molecule has 0 bridgehead atoms. The highest BCUT2D eigenvalue weighted by molar-refractivity contribution is 7.99. The minimum absolute atomic E-state index is 0.0145. The van der Waals surface area contributed by atoms with E-state index < -0.39 is 0 Å². The second-order valence-electron chi connectivity index (χ2n) is 6.04. The highest BCUT2D eigenvalue weighted by Crippen LogP contribution is 2.44. The lowest BCUT2D eigenvalue weighted by molar-refractivity contribution is 0.101. The molecule has 1 saturated carbocycles. The number of allylic oxidation sites excluding steroid dienone is 1. The molecule has 0 aromatic carbocycles. The van der Waals surface area contributed by atoms with Gasteiger partial charge in [0.25, 0.3) is 5.56 Å². The molecule has 0 atom stereocenters. The van der Waals surface area contributed by atoms with E-state index in [1.807, 2.05) is 0 Å². The van der Waals surface area contributed by atoms with Crippen LogP contribution in [0.1, 0.15) is 34.8 Å². The quantitative estimate of drug-likeness (QED) is 0.297. The van der Waals surface area contributed by atoms with Gasteiger partial charge in [0, 0.05) is 12.7 Å². The summed E-state index contributed by atoms with van der Waals surface area (Å²) >= 11 is 2.81. The van der Waals surface area contributed by atoms with Crippen LogP contribution in [0.25, 0.3) is 10.2 Å². The predicted molar refractivity (Wildman–Crippen MR) is 102 cm³/mol. The van der Waals surface area contributed by atoms with E-state index in [1.54, 1.807) is 29.0 Å². The van der Waals surface area contributed by atoms with Gasteiger partial charge in [-0.05, 0) is 41.8 Å². The lowest BCUT2D eigenvalue weighted by Crippen LogP contribution is -2.23. The van der Waals surface area contributed by atoms with Crippen molar-refractivity contribution in [3.63, 3.8) is 0 Å². The van der Waals surface area contributed by atoms with Crippen LogP contribution in [-0.4, -0.2) is 26.1 Å². The first-order chi connectivity index (χ1) is 12.2. The van der Waals surface area contributed by atoms with Crippen molar-refractivity contribution in [2.45, 2.75) is 30.5 Å². The number of nitrogens with one attached hydrogen (secondary N) is 1. The van der Waals surface area contributed by atoms with Crippen molar-refractivity contribution in [2.75, 3.05) is 5.75 Å². The lowest BCUT2D eigenvalue weighted by atomic mass is 10.1. The molecule has 0 spiro atoms. The smallest absolute Gasteiger partial charge is 0.263 e. The zero-order chi connectivity index (χ0) is 17.4. The molecule has 0 aliphatic heterocycles. The number of Topliss-reactive ketones (excluding diaryl/α,β-unsaturated/α-hetero) is 1. The van der Waals surface area contributed by atoms with Crippen LogP contribution in [0.15, 0.2) is 46.3 Å². The topological polar surface area (TPSA) is 67.8 Å². The maximum Gasteiger partial charge on any atom is 0.263 e. The van der Waals surface area contributed by atoms with Crippen LogP contribution >= 0.6 is 23.1 Å². The van der Waals surface area contributed by atoms with E-state index >= 15 is 0 Å². The number of thiophene rings is 1. The molecular formula is C18H17N3O2S2. The van der Waals surface area contributed by atoms with Gasteiger partial charge in [-0.25, -0.2) is 4.98 Å². The first-order valence-corrected chi connectivity index (χ1v) is 9.97. The van der Waals surface area contributed by atoms with E-state index in [0.717, 1.165) is 28.6 Å². The molecule has 25 heavy (non-hydrogen) atoms. The summed E-state index contributed by atoms with van der Waals surface area (Å²) in [4.78, 5) is 33.6. The van der Waals surface area contributed by atoms with Gasteiger partial charge in [0.2, 0.25) is 0 Å². The predicted octanol–water partition coefficient (Wildman–Crippen LogP) is 3.82. The van der Waals surface area contributed by atoms with Gasteiger partial charge in [0.15, 0.2) is 10.9 Å². The molecular weight excluding hydrogens is 354 g/mol. The number of nitrogens with zero attached hydrogens (tertiary/aromatic N) is 2. The number of aromatic nitrogens is 3. The molecule has 7 heteroatoms. The molecule has 5 nitrogen and oxygen atoms in total. The molecule has 1 aliphatic rings. The Morgan fingerprint density at radius 3 is 3.04 bits per heavy atom. The van der Waals surface area contributed by atoms with E-state index in [-0.39, 0.29) is 17.1 Å². The molecule has 0 radical (unpaired) electrons. The first-order valence-electron chi connectivity index (χ1n) is 8.11. The Balaban J connectivity index is 1.70. The lowest BCUT2D eigenvalue weighted by Gasteiger charge is -2.10. The zero-order valence-electron chi connectivity index (χ0n) is 13.5. The second kappa shape index (κ2) is 6.65. The number of fused-ring (bicyclic) bond motifs is 1. The van der Waals surface area contributed by atoms with E-state index in [4.69, 9.17) is 0 Å². The Bertz CT molecular complexity index is 997. The summed E-state index contributed by atoms with van der Waals surface area (Å²) in [5.74, 6) is 0.726. The Morgan fingerprint density at radius 2 is 2.36 bits per heavy atom. The standard InChI is InChI=1S/C18H17N3O2S2/c1-2-8-21-17(23)15-12(11-5-6-11)9-24-16(15)20-18(21)25-10-14(22)13-4-3-7-19-13/h2-4,7,9,11,19H,1,5-6,8,10H2. The van der Waals surface area contributed by atoms with Crippen LogP contribution in [-0.2, 0) is 6.54 Å². The van der Waals surface area contributed by atoms with E-state index in [0.29, 0.717) is 23.3 Å². The zero-order valence-corrected chi connectivity index (χ0v) is 15.2. The third-order valence-electron chi connectivity index (χ3n) is 4.25. The number of H-pyrrole nitrogens is 1. The van der Waals surface area contributed by atoms with Gasteiger partial charge in [-0.1, -0.05) is 17.8 Å². The highest BCUT2D eigenvalue weighted by atomic mass is 32.2. The molecule has 128 valence electrons. The summed E-state index contributed by atoms with van der Waals surface area (Å²) in [5.41, 5.74) is 1.68. The molecule has 3 aromatic rings. The van der Waals surface area contributed by atoms with Crippen molar-refractivity contribution in [1.82, 2.24) is 14.5 Å². The fourth-order valence-electron chi connectivity index (χ4n) is 2.83. The van der Waals surface area contributed by atoms with E-state index in [9.17, 15) is 9.59 Å². The number of hydrogen-bond acceptors (Lipinski definition) is 5. The van der Waals surface area contributed by atoms with Gasteiger partial charge >= 0.3 is 0 Å². The van der Waals surface area contributed by atoms with Gasteiger partial charge in [-0.3, -0.25) is 14.2 Å². The molecule has 0 saturated heterocycles. The summed E-state index contributed by atoms with van der Waals surface area (Å²) in [6.07, 6.45) is 5.71. The van der Waals surface area contributed by atoms with E-state index in [2.05, 4.69) is 21.9 Å². The van der Waals surface area contributed by atoms with Crippen molar-refractivity contribution in [3.05, 3.63) is 58.0 Å². The molecule has 3 heterocycles. The third-order valence-corrected chi connectivity index (χ3v) is 6.11. The fourth-order valence-corrected chi connectivity index (χ4v) is 4.79. The van der Waals surface area contributed by atoms with Gasteiger partial charge in [-0.2, -0.15) is 0 Å². The van der Waals surface area contributed by atoms with Crippen molar-refractivity contribution in [3.8, 4) is 0 Å². The second-order valence-corrected chi connectivity index (χ2v) is 7.84. The van der Waals surface area contributed by atoms with Crippen LogP contribution in [0.2, 0.25) is 0 Å². The molecule has 1 fully saturated rings. The normalized spacial score (nSPS) is 14.1. The number of hydrogen-bond donors (Lipinski definition) is 1. The Kier molecular flexibility index (Phi) is 4.35. The SMILES string of the molecule is C=CCn1c(SCC(=O)c2ccc[nH]2)nc2scc(C3CC3)c2c1=O. The maximum absolute atomic E-state index is 13.0. The molecule has 1 N–H and O–H groups in total. The Labute approximate surface area is 152 Å². The maximum atomic E-state index is 13.0. The average molecular weight is 371 g/mol. The number of ketones is 1. The van der Waals surface area contributed by atoms with Crippen LogP contribution in [0, 0.1) is 0 Å². The van der Waals surface area contributed by atoms with Gasteiger partial charge < -0.3 is 4.98 Å². The van der Waals surface area contributed by atoms with Crippen LogP contribution < -0.4 is 5.56 Å². The van der Waals surface area contributed by atoms with E-state index in [1.165, 1.54) is 23.1 Å². The molecule has 3 aromatic heterocycles. The van der Waals surface area contributed by atoms with Crippen LogP contribution in [0.4, 0.5) is 0 Å². The molecule has 1 aliphatic carbocycles. The summed E-state index contributed by atoms with van der Waals surface area (Å²) in [6.45, 7) is 4.14. The monoisotopic (exact) mass is 371 g/mol. The van der Waals surface area contributed by atoms with Crippen molar-refractivity contribution >= 4 is 39.1 Å². The van der Waals surface area contributed by atoms with Crippen LogP contribution in [0.5, 0.6) is 0 Å². The Hall–Kier alpha value is -2.12. The number of aromatic amines is 1. The van der Waals surface area contributed by atoms with Crippen molar-refractivity contribution in [1.29, 1.82) is 0 Å². The number of rotatable bonds is 7. The molecule has 0 amide bonds. The summed E-state index contributed by atoms with van der Waals surface area (Å²) in [6, 6.07) is 3.54. The minimum Gasteiger partial charge on any atom is -0.359 e. The van der Waals surface area contributed by atoms with Crippen molar-refractivity contribution in [2.24, 2.45) is 0 Å². The van der Waals surface area contributed by atoms with Gasteiger partial charge in [-0.15, -0.1) is 17.9 Å². The number of carbonyl (C=O) groups excluding carboxylic acids is 1. The van der Waals surface area contributed by atoms with Crippen molar-refractivity contribution < 1.29 is 4.79 Å². The summed E-state index contributed by atoms with van der Waals surface area (Å²) in [5, 5.41) is 3.38. The minimum atomic E-state index is -0.0251. The van der Waals surface area contributed by atoms with Crippen LogP contribution in [0.3, 0.4) is 0 Å². The fraction of sp³-hybridized carbons (Fsp3) is 0.278. The molecule has 0 unspecified atom stereocenters. The number of thioether (sulfide) groups is 1. The third kappa shape index (κ3) is 3.09. The Morgan fingerprint density at radius 1 is 1.52 bits per heavy atom.